The van der Waals surface area contributed by atoms with Gasteiger partial charge in [0.25, 0.3) is 5.69 Å². The Hall–Kier alpha value is -2.57. The largest absolute Gasteiger partial charge is 0.416 e. The van der Waals surface area contributed by atoms with Crippen LogP contribution in [0.2, 0.25) is 0 Å². The smallest absolute Gasteiger partial charge is 0.366 e. The predicted octanol–water partition coefficient (Wildman–Crippen LogP) is 5.00. The van der Waals surface area contributed by atoms with Crippen LogP contribution in [0.15, 0.2) is 48.5 Å². The summed E-state index contributed by atoms with van der Waals surface area (Å²) in [4.78, 5) is 12.3. The monoisotopic (exact) mass is 350 g/mol. The summed E-state index contributed by atoms with van der Waals surface area (Å²) in [6.45, 7) is 1.15. The van der Waals surface area contributed by atoms with E-state index in [9.17, 15) is 23.3 Å². The molecule has 0 N–H and O–H groups in total. The zero-order valence-electron chi connectivity index (χ0n) is 13.4. The third-order valence-electron chi connectivity index (χ3n) is 4.61. The third kappa shape index (κ3) is 3.75. The highest BCUT2D eigenvalue weighted by Gasteiger charge is 2.34. The van der Waals surface area contributed by atoms with Gasteiger partial charge in [-0.3, -0.25) is 10.1 Å². The average molecular weight is 350 g/mol. The molecule has 3 rings (SSSR count). The number of anilines is 1. The van der Waals surface area contributed by atoms with Crippen LogP contribution in [0, 0.1) is 10.1 Å². The summed E-state index contributed by atoms with van der Waals surface area (Å²) in [6.07, 6.45) is -2.98. The summed E-state index contributed by atoms with van der Waals surface area (Å²) < 4.78 is 38.4. The fraction of sp³-hybridized carbons (Fsp3) is 0.333. The van der Waals surface area contributed by atoms with E-state index >= 15 is 0 Å². The van der Waals surface area contributed by atoms with Crippen LogP contribution in [0.25, 0.3) is 0 Å². The third-order valence-corrected chi connectivity index (χ3v) is 4.61. The van der Waals surface area contributed by atoms with Crippen LogP contribution in [0.1, 0.15) is 29.9 Å². The van der Waals surface area contributed by atoms with Crippen LogP contribution >= 0.6 is 0 Å². The van der Waals surface area contributed by atoms with Crippen molar-refractivity contribution in [1.82, 2.24) is 0 Å². The molecule has 0 unspecified atom stereocenters. The number of hydrogen-bond acceptors (Lipinski definition) is 3. The van der Waals surface area contributed by atoms with Gasteiger partial charge in [-0.2, -0.15) is 13.2 Å². The average Bonchev–Trinajstić information content (AvgIpc) is 2.61. The first-order chi connectivity index (χ1) is 11.9. The Morgan fingerprint density at radius 1 is 1.04 bits per heavy atom. The Kier molecular flexibility index (Phi) is 4.65. The first-order valence-electron chi connectivity index (χ1n) is 8.02. The first-order valence-corrected chi connectivity index (χ1v) is 8.02. The number of piperidine rings is 1. The molecule has 1 aliphatic heterocycles. The normalized spacial score (nSPS) is 16.0. The predicted molar refractivity (Wildman–Crippen MR) is 88.7 cm³/mol. The molecule has 2 aromatic rings. The molecule has 2 aromatic carbocycles. The van der Waals surface area contributed by atoms with E-state index < -0.39 is 22.4 Å². The Morgan fingerprint density at radius 2 is 1.68 bits per heavy atom. The van der Waals surface area contributed by atoms with E-state index in [0.717, 1.165) is 18.9 Å². The zero-order valence-corrected chi connectivity index (χ0v) is 13.4. The highest BCUT2D eigenvalue weighted by atomic mass is 19.4. The number of nitrogens with zero attached hydrogens (tertiary/aromatic N) is 2. The van der Waals surface area contributed by atoms with Crippen LogP contribution < -0.4 is 4.90 Å². The lowest BCUT2D eigenvalue weighted by molar-refractivity contribution is -0.384. The van der Waals surface area contributed by atoms with Crippen molar-refractivity contribution in [2.24, 2.45) is 0 Å². The second-order valence-corrected chi connectivity index (χ2v) is 6.13. The quantitative estimate of drug-likeness (QED) is 0.578. The molecule has 0 aliphatic carbocycles. The van der Waals surface area contributed by atoms with Gasteiger partial charge in [-0.25, -0.2) is 0 Å². The van der Waals surface area contributed by atoms with Gasteiger partial charge < -0.3 is 4.90 Å². The van der Waals surface area contributed by atoms with Gasteiger partial charge in [-0.05, 0) is 36.5 Å². The molecule has 0 atom stereocenters. The molecule has 0 saturated carbocycles. The molecule has 1 heterocycles. The molecule has 1 aliphatic rings. The van der Waals surface area contributed by atoms with Crippen LogP contribution in [-0.2, 0) is 6.18 Å². The van der Waals surface area contributed by atoms with Gasteiger partial charge in [-0.15, -0.1) is 0 Å². The Bertz CT molecular complexity index is 755. The van der Waals surface area contributed by atoms with Gasteiger partial charge in [0.1, 0.15) is 5.69 Å². The van der Waals surface area contributed by atoms with Crippen LogP contribution in [-0.4, -0.2) is 18.0 Å². The highest BCUT2D eigenvalue weighted by Crippen LogP contribution is 2.38. The Labute approximate surface area is 143 Å². The van der Waals surface area contributed by atoms with E-state index in [1.54, 1.807) is 4.90 Å². The maximum Gasteiger partial charge on any atom is 0.416 e. The van der Waals surface area contributed by atoms with E-state index in [2.05, 4.69) is 12.1 Å². The maximum atomic E-state index is 12.8. The molecule has 0 aromatic heterocycles. The Balaban J connectivity index is 1.80. The number of halogens is 3. The van der Waals surface area contributed by atoms with Crippen molar-refractivity contribution >= 4 is 11.4 Å². The summed E-state index contributed by atoms with van der Waals surface area (Å²) in [5.74, 6) is 0.367. The number of hydrogen-bond donors (Lipinski definition) is 0. The van der Waals surface area contributed by atoms with Crippen molar-refractivity contribution in [3.8, 4) is 0 Å². The molecule has 0 spiro atoms. The van der Waals surface area contributed by atoms with Crippen molar-refractivity contribution < 1.29 is 18.1 Å². The maximum absolute atomic E-state index is 12.8. The minimum Gasteiger partial charge on any atom is -0.366 e. The van der Waals surface area contributed by atoms with Crippen molar-refractivity contribution in [3.63, 3.8) is 0 Å². The topological polar surface area (TPSA) is 46.4 Å². The summed E-state index contributed by atoms with van der Waals surface area (Å²) >= 11 is 0. The van der Waals surface area contributed by atoms with E-state index in [1.807, 2.05) is 18.2 Å². The number of nitro groups is 1. The molecule has 25 heavy (non-hydrogen) atoms. The number of alkyl halides is 3. The second-order valence-electron chi connectivity index (χ2n) is 6.13. The van der Waals surface area contributed by atoms with Crippen LogP contribution in [0.5, 0.6) is 0 Å². The van der Waals surface area contributed by atoms with Crippen molar-refractivity contribution in [2.75, 3.05) is 18.0 Å². The lowest BCUT2D eigenvalue weighted by Crippen LogP contribution is -2.33. The standard InChI is InChI=1S/C18H17F3N2O2/c19-18(20,21)15-6-7-16(17(12-15)23(24)25)22-10-8-14(9-11-22)13-4-2-1-3-5-13/h1-7,12,14H,8-11H2. The molecular formula is C18H17F3N2O2. The van der Waals surface area contributed by atoms with E-state index in [0.29, 0.717) is 25.1 Å². The van der Waals surface area contributed by atoms with Gasteiger partial charge in [0, 0.05) is 19.2 Å². The van der Waals surface area contributed by atoms with E-state index in [1.165, 1.54) is 11.6 Å². The van der Waals surface area contributed by atoms with Gasteiger partial charge in [0.15, 0.2) is 0 Å². The molecule has 1 saturated heterocycles. The minimum atomic E-state index is -4.59. The lowest BCUT2D eigenvalue weighted by atomic mass is 9.89. The number of benzene rings is 2. The second kappa shape index (κ2) is 6.74. The highest BCUT2D eigenvalue weighted by molar-refractivity contribution is 5.65. The van der Waals surface area contributed by atoms with Gasteiger partial charge in [0.05, 0.1) is 10.5 Å². The summed E-state index contributed by atoms with van der Waals surface area (Å²) in [5, 5.41) is 11.2. The summed E-state index contributed by atoms with van der Waals surface area (Å²) in [5.41, 5.74) is -0.0105. The molecule has 4 nitrogen and oxygen atoms in total. The number of nitro benzene ring substituents is 1. The van der Waals surface area contributed by atoms with E-state index in [-0.39, 0.29) is 5.69 Å². The SMILES string of the molecule is O=[N+]([O-])c1cc(C(F)(F)F)ccc1N1CCC(c2ccccc2)CC1. The first kappa shape index (κ1) is 17.3. The van der Waals surface area contributed by atoms with Gasteiger partial charge in [0.2, 0.25) is 0 Å². The minimum absolute atomic E-state index is 0.254. The summed E-state index contributed by atoms with van der Waals surface area (Å²) in [7, 11) is 0. The fourth-order valence-electron chi connectivity index (χ4n) is 3.29. The fourth-order valence-corrected chi connectivity index (χ4v) is 3.29. The van der Waals surface area contributed by atoms with Crippen molar-refractivity contribution in [3.05, 3.63) is 69.8 Å². The number of rotatable bonds is 3. The van der Waals surface area contributed by atoms with Crippen LogP contribution in [0.3, 0.4) is 0 Å². The molecule has 0 bridgehead atoms. The molecule has 132 valence electrons. The zero-order chi connectivity index (χ0) is 18.0. The van der Waals surface area contributed by atoms with Crippen LogP contribution in [0.4, 0.5) is 24.5 Å². The Morgan fingerprint density at radius 3 is 2.24 bits per heavy atom. The van der Waals surface area contributed by atoms with Gasteiger partial charge in [-0.1, -0.05) is 30.3 Å². The lowest BCUT2D eigenvalue weighted by Gasteiger charge is -2.33. The van der Waals surface area contributed by atoms with Gasteiger partial charge >= 0.3 is 6.18 Å². The van der Waals surface area contributed by atoms with Crippen molar-refractivity contribution in [2.45, 2.75) is 24.9 Å². The molecule has 0 amide bonds. The van der Waals surface area contributed by atoms with E-state index in [4.69, 9.17) is 0 Å². The molecule has 0 radical (unpaired) electrons. The van der Waals surface area contributed by atoms with Crippen molar-refractivity contribution in [1.29, 1.82) is 0 Å². The molecular weight excluding hydrogens is 333 g/mol. The molecule has 7 heteroatoms. The summed E-state index contributed by atoms with van der Waals surface area (Å²) in [6, 6.07) is 12.8. The molecule has 1 fully saturated rings.